The average Bonchev–Trinajstić information content (AvgIpc) is 2.52. The van der Waals surface area contributed by atoms with Gasteiger partial charge in [0.05, 0.1) is 0 Å². The molecule has 0 unspecified atom stereocenters. The lowest BCUT2D eigenvalue weighted by Crippen LogP contribution is -2.48. The second kappa shape index (κ2) is 7.26. The van der Waals surface area contributed by atoms with Crippen molar-refractivity contribution >= 4 is 35.5 Å². The number of hydrogen-bond donors (Lipinski definition) is 1. The molecular weight excluding hydrogens is 306 g/mol. The molecule has 0 spiro atoms. The standard InChI is InChI=1S/C15H18ClN3O3/c1-11-12(16)3-2-4-13(11)17-14(21)9-15(22)19-7-5-18(10-20)6-8-19/h2-4,10H,5-9H2,1H3,(H,17,21). The molecule has 1 fully saturated rings. The number of benzene rings is 1. The van der Waals surface area contributed by atoms with Crippen molar-refractivity contribution in [3.63, 3.8) is 0 Å². The number of rotatable bonds is 4. The van der Waals surface area contributed by atoms with Gasteiger partial charge in [-0.15, -0.1) is 0 Å². The summed E-state index contributed by atoms with van der Waals surface area (Å²) in [4.78, 5) is 37.9. The van der Waals surface area contributed by atoms with Gasteiger partial charge >= 0.3 is 0 Å². The zero-order chi connectivity index (χ0) is 16.1. The largest absolute Gasteiger partial charge is 0.342 e. The van der Waals surface area contributed by atoms with E-state index in [1.54, 1.807) is 34.9 Å². The van der Waals surface area contributed by atoms with Crippen molar-refractivity contribution in [3.8, 4) is 0 Å². The van der Waals surface area contributed by atoms with Gasteiger partial charge in [0, 0.05) is 36.9 Å². The molecule has 1 aromatic carbocycles. The van der Waals surface area contributed by atoms with Gasteiger partial charge in [-0.25, -0.2) is 0 Å². The number of halogens is 1. The topological polar surface area (TPSA) is 69.7 Å². The number of piperazine rings is 1. The number of nitrogens with zero attached hydrogens (tertiary/aromatic N) is 2. The molecule has 0 atom stereocenters. The predicted molar refractivity (Wildman–Crippen MR) is 83.7 cm³/mol. The Bertz CT molecular complexity index is 583. The Labute approximate surface area is 134 Å². The molecule has 0 saturated carbocycles. The summed E-state index contributed by atoms with van der Waals surface area (Å²) in [6, 6.07) is 5.22. The third-order valence-corrected chi connectivity index (χ3v) is 4.08. The summed E-state index contributed by atoms with van der Waals surface area (Å²) in [5.41, 5.74) is 1.38. The average molecular weight is 324 g/mol. The number of carbonyl (C=O) groups is 3. The fourth-order valence-electron chi connectivity index (χ4n) is 2.26. The van der Waals surface area contributed by atoms with Crippen molar-refractivity contribution in [2.75, 3.05) is 31.5 Å². The first-order valence-electron chi connectivity index (χ1n) is 7.03. The van der Waals surface area contributed by atoms with Gasteiger partial charge in [0.15, 0.2) is 0 Å². The Kier molecular flexibility index (Phi) is 5.38. The molecule has 1 aliphatic heterocycles. The number of carbonyl (C=O) groups excluding carboxylic acids is 3. The Balaban J connectivity index is 1.88. The van der Waals surface area contributed by atoms with E-state index in [-0.39, 0.29) is 18.2 Å². The minimum atomic E-state index is -0.367. The first-order chi connectivity index (χ1) is 10.5. The van der Waals surface area contributed by atoms with E-state index in [9.17, 15) is 14.4 Å². The number of nitrogens with one attached hydrogen (secondary N) is 1. The van der Waals surface area contributed by atoms with Crippen molar-refractivity contribution in [1.29, 1.82) is 0 Å². The van der Waals surface area contributed by atoms with Crippen molar-refractivity contribution in [2.24, 2.45) is 0 Å². The molecular formula is C15H18ClN3O3. The third kappa shape index (κ3) is 3.98. The summed E-state index contributed by atoms with van der Waals surface area (Å²) in [6.45, 7) is 3.73. The lowest BCUT2D eigenvalue weighted by Gasteiger charge is -2.32. The molecule has 1 N–H and O–H groups in total. The second-order valence-corrected chi connectivity index (χ2v) is 5.57. The van der Waals surface area contributed by atoms with Crippen molar-refractivity contribution in [1.82, 2.24) is 9.80 Å². The molecule has 0 radical (unpaired) electrons. The number of amides is 3. The van der Waals surface area contributed by atoms with Crippen LogP contribution in [0.5, 0.6) is 0 Å². The quantitative estimate of drug-likeness (QED) is 0.670. The van der Waals surface area contributed by atoms with E-state index in [0.717, 1.165) is 12.0 Å². The molecule has 0 aliphatic carbocycles. The van der Waals surface area contributed by atoms with E-state index in [0.29, 0.717) is 36.9 Å². The van der Waals surface area contributed by atoms with Gasteiger partial charge in [-0.2, -0.15) is 0 Å². The van der Waals surface area contributed by atoms with Crippen LogP contribution in [0.2, 0.25) is 5.02 Å². The summed E-state index contributed by atoms with van der Waals surface area (Å²) in [6.07, 6.45) is 0.559. The molecule has 1 aromatic rings. The lowest BCUT2D eigenvalue weighted by atomic mass is 10.2. The molecule has 1 saturated heterocycles. The highest BCUT2D eigenvalue weighted by atomic mass is 35.5. The Hall–Kier alpha value is -2.08. The summed E-state index contributed by atoms with van der Waals surface area (Å²) in [5.74, 6) is -0.601. The number of anilines is 1. The van der Waals surface area contributed by atoms with Crippen LogP contribution in [0.25, 0.3) is 0 Å². The third-order valence-electron chi connectivity index (χ3n) is 3.67. The van der Waals surface area contributed by atoms with Crippen LogP contribution < -0.4 is 5.32 Å². The minimum Gasteiger partial charge on any atom is -0.342 e. The summed E-state index contributed by atoms with van der Waals surface area (Å²) in [5, 5.41) is 3.27. The zero-order valence-electron chi connectivity index (χ0n) is 12.3. The van der Waals surface area contributed by atoms with Crippen molar-refractivity contribution in [3.05, 3.63) is 28.8 Å². The van der Waals surface area contributed by atoms with Crippen LogP contribution in [0, 0.1) is 6.92 Å². The first-order valence-corrected chi connectivity index (χ1v) is 7.41. The van der Waals surface area contributed by atoms with Crippen molar-refractivity contribution < 1.29 is 14.4 Å². The Morgan fingerprint density at radius 3 is 2.59 bits per heavy atom. The lowest BCUT2D eigenvalue weighted by molar-refractivity contribution is -0.137. The maximum atomic E-state index is 12.1. The van der Waals surface area contributed by atoms with E-state index in [4.69, 9.17) is 11.6 Å². The minimum absolute atomic E-state index is 0.215. The van der Waals surface area contributed by atoms with Crippen LogP contribution in [0.15, 0.2) is 18.2 Å². The monoisotopic (exact) mass is 323 g/mol. The maximum absolute atomic E-state index is 12.1. The molecule has 2 rings (SSSR count). The van der Waals surface area contributed by atoms with Crippen LogP contribution in [-0.2, 0) is 14.4 Å². The fraction of sp³-hybridized carbons (Fsp3) is 0.400. The molecule has 22 heavy (non-hydrogen) atoms. The van der Waals surface area contributed by atoms with Gasteiger partial charge < -0.3 is 15.1 Å². The van der Waals surface area contributed by atoms with Crippen LogP contribution in [-0.4, -0.2) is 54.2 Å². The van der Waals surface area contributed by atoms with E-state index >= 15 is 0 Å². The van der Waals surface area contributed by atoms with Gasteiger partial charge in [0.2, 0.25) is 18.2 Å². The van der Waals surface area contributed by atoms with Crippen LogP contribution in [0.4, 0.5) is 5.69 Å². The van der Waals surface area contributed by atoms with E-state index in [1.165, 1.54) is 0 Å². The fourth-order valence-corrected chi connectivity index (χ4v) is 2.44. The predicted octanol–water partition coefficient (Wildman–Crippen LogP) is 1.28. The zero-order valence-corrected chi connectivity index (χ0v) is 13.1. The van der Waals surface area contributed by atoms with E-state index < -0.39 is 0 Å². The second-order valence-electron chi connectivity index (χ2n) is 5.16. The molecule has 3 amide bonds. The van der Waals surface area contributed by atoms with Gasteiger partial charge in [0.1, 0.15) is 6.42 Å². The van der Waals surface area contributed by atoms with Gasteiger partial charge in [-0.1, -0.05) is 17.7 Å². The molecule has 1 heterocycles. The summed E-state index contributed by atoms with van der Waals surface area (Å²) >= 11 is 5.99. The molecule has 1 aliphatic rings. The maximum Gasteiger partial charge on any atom is 0.233 e. The highest BCUT2D eigenvalue weighted by Gasteiger charge is 2.22. The molecule has 0 aromatic heterocycles. The van der Waals surface area contributed by atoms with Gasteiger partial charge in [0.25, 0.3) is 0 Å². The highest BCUT2D eigenvalue weighted by Crippen LogP contribution is 2.23. The van der Waals surface area contributed by atoms with Crippen LogP contribution >= 0.6 is 11.6 Å². The smallest absolute Gasteiger partial charge is 0.233 e. The van der Waals surface area contributed by atoms with Crippen molar-refractivity contribution in [2.45, 2.75) is 13.3 Å². The summed E-state index contributed by atoms with van der Waals surface area (Å²) in [7, 11) is 0. The SMILES string of the molecule is Cc1c(Cl)cccc1NC(=O)CC(=O)N1CCN(C=O)CC1. The Morgan fingerprint density at radius 2 is 1.95 bits per heavy atom. The number of hydrogen-bond acceptors (Lipinski definition) is 3. The first kappa shape index (κ1) is 16.3. The molecule has 7 heteroatoms. The highest BCUT2D eigenvalue weighted by molar-refractivity contribution is 6.31. The molecule has 0 bridgehead atoms. The van der Waals surface area contributed by atoms with E-state index in [1.807, 2.05) is 0 Å². The Morgan fingerprint density at radius 1 is 1.27 bits per heavy atom. The van der Waals surface area contributed by atoms with Crippen LogP contribution in [0.1, 0.15) is 12.0 Å². The van der Waals surface area contributed by atoms with Crippen LogP contribution in [0.3, 0.4) is 0 Å². The van der Waals surface area contributed by atoms with Gasteiger partial charge in [-0.05, 0) is 24.6 Å². The normalized spacial score (nSPS) is 14.6. The van der Waals surface area contributed by atoms with Gasteiger partial charge in [-0.3, -0.25) is 14.4 Å². The summed E-state index contributed by atoms with van der Waals surface area (Å²) < 4.78 is 0. The molecule has 6 nitrogen and oxygen atoms in total. The van der Waals surface area contributed by atoms with E-state index in [2.05, 4.69) is 5.32 Å². The molecule has 118 valence electrons.